The molecule has 1 N–H and O–H groups in total. The molecule has 1 atom stereocenters. The molecule has 0 saturated carbocycles. The zero-order valence-corrected chi connectivity index (χ0v) is 11.8. The van der Waals surface area contributed by atoms with Crippen molar-refractivity contribution < 1.29 is 9.18 Å². The highest BCUT2D eigenvalue weighted by Gasteiger charge is 2.24. The lowest BCUT2D eigenvalue weighted by Gasteiger charge is -2.23. The summed E-state index contributed by atoms with van der Waals surface area (Å²) >= 11 is 0. The zero-order chi connectivity index (χ0) is 14.8. The summed E-state index contributed by atoms with van der Waals surface area (Å²) in [6.07, 6.45) is 2.08. The molecule has 1 aliphatic rings. The molecule has 0 aliphatic carbocycles. The molecule has 0 saturated heterocycles. The van der Waals surface area contributed by atoms with E-state index in [1.807, 2.05) is 11.6 Å². The second-order valence-corrected chi connectivity index (χ2v) is 5.31. The van der Waals surface area contributed by atoms with Crippen LogP contribution in [0.2, 0.25) is 0 Å². The van der Waals surface area contributed by atoms with Crippen LogP contribution in [0.1, 0.15) is 36.1 Å². The molecule has 1 aromatic heterocycles. The molecule has 0 fully saturated rings. The van der Waals surface area contributed by atoms with Gasteiger partial charge in [0.2, 0.25) is 5.91 Å². The molecule has 5 nitrogen and oxygen atoms in total. The van der Waals surface area contributed by atoms with Crippen molar-refractivity contribution in [2.45, 2.75) is 38.8 Å². The summed E-state index contributed by atoms with van der Waals surface area (Å²) < 4.78 is 14.7. The molecular weight excluding hydrogens is 271 g/mol. The lowest BCUT2D eigenvalue weighted by atomic mass is 10.1. The normalized spacial score (nSPS) is 17.3. The lowest BCUT2D eigenvalue weighted by molar-refractivity contribution is -0.121. The third-order valence-corrected chi connectivity index (χ3v) is 3.59. The van der Waals surface area contributed by atoms with E-state index >= 15 is 0 Å². The van der Waals surface area contributed by atoms with Crippen molar-refractivity contribution in [2.75, 3.05) is 0 Å². The molecule has 1 amide bonds. The van der Waals surface area contributed by atoms with Crippen LogP contribution in [-0.4, -0.2) is 20.7 Å². The quantitative estimate of drug-likeness (QED) is 0.938. The van der Waals surface area contributed by atoms with E-state index in [4.69, 9.17) is 0 Å². The van der Waals surface area contributed by atoms with Crippen LogP contribution in [0.15, 0.2) is 24.3 Å². The van der Waals surface area contributed by atoms with Crippen molar-refractivity contribution in [1.29, 1.82) is 0 Å². The van der Waals surface area contributed by atoms with Crippen LogP contribution in [0, 0.1) is 12.7 Å². The summed E-state index contributed by atoms with van der Waals surface area (Å²) in [5.41, 5.74) is 0.794. The number of carbonyl (C=O) groups is 1. The van der Waals surface area contributed by atoms with Crippen LogP contribution in [0.4, 0.5) is 4.39 Å². The first-order valence-electron chi connectivity index (χ1n) is 7.07. The van der Waals surface area contributed by atoms with Crippen molar-refractivity contribution in [3.05, 3.63) is 47.3 Å². The monoisotopic (exact) mass is 288 g/mol. The number of amides is 1. The molecule has 1 aliphatic heterocycles. The van der Waals surface area contributed by atoms with Crippen molar-refractivity contribution in [2.24, 2.45) is 0 Å². The highest BCUT2D eigenvalue weighted by molar-refractivity contribution is 5.78. The van der Waals surface area contributed by atoms with Gasteiger partial charge in [0.25, 0.3) is 0 Å². The van der Waals surface area contributed by atoms with Crippen LogP contribution in [0.5, 0.6) is 0 Å². The number of rotatable bonds is 3. The average Bonchev–Trinajstić information content (AvgIpc) is 2.83. The minimum atomic E-state index is -0.296. The Hall–Kier alpha value is -2.24. The van der Waals surface area contributed by atoms with E-state index in [0.29, 0.717) is 0 Å². The SMILES string of the molecule is Cc1nc2n(n1)CCCC2NC(=O)Cc1ccc(F)cc1. The van der Waals surface area contributed by atoms with Gasteiger partial charge in [-0.05, 0) is 37.5 Å². The van der Waals surface area contributed by atoms with E-state index in [1.54, 1.807) is 12.1 Å². The molecule has 110 valence electrons. The Kier molecular flexibility index (Phi) is 3.68. The van der Waals surface area contributed by atoms with Crippen LogP contribution in [0.25, 0.3) is 0 Å². The number of nitrogens with one attached hydrogen (secondary N) is 1. The second kappa shape index (κ2) is 5.63. The van der Waals surface area contributed by atoms with Gasteiger partial charge in [0.1, 0.15) is 17.5 Å². The van der Waals surface area contributed by atoms with E-state index in [1.165, 1.54) is 12.1 Å². The third-order valence-electron chi connectivity index (χ3n) is 3.59. The average molecular weight is 288 g/mol. The highest BCUT2D eigenvalue weighted by Crippen LogP contribution is 2.23. The fourth-order valence-electron chi connectivity index (χ4n) is 2.64. The molecular formula is C15H17FN4O. The highest BCUT2D eigenvalue weighted by atomic mass is 19.1. The number of nitrogens with zero attached hydrogens (tertiary/aromatic N) is 3. The van der Waals surface area contributed by atoms with Gasteiger partial charge in [-0.15, -0.1) is 0 Å². The number of benzene rings is 1. The van der Waals surface area contributed by atoms with E-state index in [9.17, 15) is 9.18 Å². The number of carbonyl (C=O) groups excluding carboxylic acids is 1. The predicted octanol–water partition coefficient (Wildman–Crippen LogP) is 1.92. The Labute approximate surface area is 122 Å². The fourth-order valence-corrected chi connectivity index (χ4v) is 2.64. The summed E-state index contributed by atoms with van der Waals surface area (Å²) in [7, 11) is 0. The number of hydrogen-bond acceptors (Lipinski definition) is 3. The maximum atomic E-state index is 12.8. The molecule has 0 radical (unpaired) electrons. The summed E-state index contributed by atoms with van der Waals surface area (Å²) in [5.74, 6) is 1.17. The van der Waals surface area contributed by atoms with Crippen molar-refractivity contribution in [3.63, 3.8) is 0 Å². The third kappa shape index (κ3) is 3.09. The van der Waals surface area contributed by atoms with Crippen molar-refractivity contribution in [3.8, 4) is 0 Å². The first kappa shape index (κ1) is 13.7. The number of aromatic nitrogens is 3. The van der Waals surface area contributed by atoms with Gasteiger partial charge >= 0.3 is 0 Å². The predicted molar refractivity (Wildman–Crippen MR) is 75.0 cm³/mol. The zero-order valence-electron chi connectivity index (χ0n) is 11.8. The molecule has 1 unspecified atom stereocenters. The maximum absolute atomic E-state index is 12.8. The summed E-state index contributed by atoms with van der Waals surface area (Å²) in [6.45, 7) is 2.70. The molecule has 6 heteroatoms. The van der Waals surface area contributed by atoms with E-state index < -0.39 is 0 Å². The van der Waals surface area contributed by atoms with E-state index in [0.717, 1.165) is 36.6 Å². The van der Waals surface area contributed by atoms with Crippen LogP contribution < -0.4 is 5.32 Å². The fraction of sp³-hybridized carbons (Fsp3) is 0.400. The van der Waals surface area contributed by atoms with E-state index in [-0.39, 0.29) is 24.2 Å². The molecule has 1 aromatic carbocycles. The lowest BCUT2D eigenvalue weighted by Crippen LogP contribution is -2.34. The van der Waals surface area contributed by atoms with E-state index in [2.05, 4.69) is 15.4 Å². The minimum Gasteiger partial charge on any atom is -0.346 e. The van der Waals surface area contributed by atoms with Crippen molar-refractivity contribution >= 4 is 5.91 Å². The topological polar surface area (TPSA) is 59.8 Å². The first-order chi connectivity index (χ1) is 10.1. The smallest absolute Gasteiger partial charge is 0.225 e. The van der Waals surface area contributed by atoms with Crippen LogP contribution in [-0.2, 0) is 17.8 Å². The Morgan fingerprint density at radius 1 is 1.43 bits per heavy atom. The van der Waals surface area contributed by atoms with Gasteiger partial charge in [-0.3, -0.25) is 4.79 Å². The molecule has 0 spiro atoms. The molecule has 3 rings (SSSR count). The maximum Gasteiger partial charge on any atom is 0.225 e. The van der Waals surface area contributed by atoms with Gasteiger partial charge in [0.05, 0.1) is 12.5 Å². The summed E-state index contributed by atoms with van der Waals surface area (Å²) in [4.78, 5) is 16.5. The Bertz CT molecular complexity index is 650. The summed E-state index contributed by atoms with van der Waals surface area (Å²) in [6, 6.07) is 5.89. The van der Waals surface area contributed by atoms with Gasteiger partial charge in [-0.1, -0.05) is 12.1 Å². The Morgan fingerprint density at radius 3 is 2.95 bits per heavy atom. The largest absolute Gasteiger partial charge is 0.346 e. The molecule has 0 bridgehead atoms. The van der Waals surface area contributed by atoms with Gasteiger partial charge < -0.3 is 5.32 Å². The first-order valence-corrected chi connectivity index (χ1v) is 7.07. The van der Waals surface area contributed by atoms with Crippen molar-refractivity contribution in [1.82, 2.24) is 20.1 Å². The summed E-state index contributed by atoms with van der Waals surface area (Å²) in [5, 5.41) is 7.31. The van der Waals surface area contributed by atoms with Gasteiger partial charge in [0, 0.05) is 6.54 Å². The standard InChI is InChI=1S/C15H17FN4O/c1-10-17-15-13(3-2-8-20(15)19-10)18-14(21)9-11-4-6-12(16)7-5-11/h4-7,13H,2-3,8-9H2,1H3,(H,18,21). The number of fused-ring (bicyclic) bond motifs is 1. The second-order valence-electron chi connectivity index (χ2n) is 5.31. The van der Waals surface area contributed by atoms with Gasteiger partial charge in [0.15, 0.2) is 0 Å². The number of halogens is 1. The minimum absolute atomic E-state index is 0.0827. The van der Waals surface area contributed by atoms with Gasteiger partial charge in [-0.2, -0.15) is 5.10 Å². The van der Waals surface area contributed by atoms with Crippen LogP contribution in [0.3, 0.4) is 0 Å². The van der Waals surface area contributed by atoms with Gasteiger partial charge in [-0.25, -0.2) is 14.1 Å². The Balaban J connectivity index is 1.66. The molecule has 21 heavy (non-hydrogen) atoms. The number of hydrogen-bond donors (Lipinski definition) is 1. The number of aryl methyl sites for hydroxylation is 2. The molecule has 2 heterocycles. The van der Waals surface area contributed by atoms with Crippen LogP contribution >= 0.6 is 0 Å². The Morgan fingerprint density at radius 2 is 2.19 bits per heavy atom. The molecule has 2 aromatic rings.